The molecule has 3 aromatic rings. The van der Waals surface area contributed by atoms with Gasteiger partial charge in [0.05, 0.1) is 38.8 Å². The zero-order chi connectivity index (χ0) is 24.1. The number of carbonyl (C=O) groups excluding carboxylic acids is 3. The molecule has 1 fully saturated rings. The van der Waals surface area contributed by atoms with Gasteiger partial charge in [0.1, 0.15) is 5.25 Å². The molecular formula is C23H16Cl2N2O5S2. The predicted octanol–water partition coefficient (Wildman–Crippen LogP) is 4.72. The first-order valence-corrected chi connectivity index (χ1v) is 12.8. The van der Waals surface area contributed by atoms with Crippen molar-refractivity contribution in [3.05, 3.63) is 78.2 Å². The Balaban J connectivity index is 1.58. The summed E-state index contributed by atoms with van der Waals surface area (Å²) < 4.78 is 4.99. The number of benzene rings is 2. The van der Waals surface area contributed by atoms with Crippen LogP contribution in [0.3, 0.4) is 0 Å². The van der Waals surface area contributed by atoms with Crippen LogP contribution < -0.4 is 9.77 Å². The highest BCUT2D eigenvalue weighted by Crippen LogP contribution is 2.54. The number of hydrogen-bond acceptors (Lipinski definition) is 7. The average molecular weight is 535 g/mol. The predicted molar refractivity (Wildman–Crippen MR) is 131 cm³/mol. The summed E-state index contributed by atoms with van der Waals surface area (Å²) in [5, 5.41) is 0.402. The normalized spacial score (nSPS) is 21.4. The third kappa shape index (κ3) is 3.67. The van der Waals surface area contributed by atoms with Gasteiger partial charge in [-0.15, -0.1) is 0 Å². The monoisotopic (exact) mass is 534 g/mol. The summed E-state index contributed by atoms with van der Waals surface area (Å²) in [5.41, 5.74) is 1.26. The molecule has 3 atom stereocenters. The second-order valence-electron chi connectivity index (χ2n) is 7.67. The Morgan fingerprint density at radius 1 is 1.09 bits per heavy atom. The molecule has 2 amide bonds. The van der Waals surface area contributed by atoms with Crippen LogP contribution in [-0.2, 0) is 14.3 Å². The van der Waals surface area contributed by atoms with E-state index >= 15 is 0 Å². The number of anilines is 1. The molecule has 2 aromatic carbocycles. The van der Waals surface area contributed by atoms with Crippen LogP contribution in [0.2, 0.25) is 10.0 Å². The van der Waals surface area contributed by atoms with Gasteiger partial charge in [0.25, 0.3) is 0 Å². The number of carbonyl (C=O) groups is 3. The number of rotatable bonds is 4. The Labute approximate surface area is 212 Å². The molecule has 2 aliphatic heterocycles. The first-order chi connectivity index (χ1) is 16.3. The molecule has 5 rings (SSSR count). The molecular weight excluding hydrogens is 519 g/mol. The maximum atomic E-state index is 13.7. The summed E-state index contributed by atoms with van der Waals surface area (Å²) in [6, 6.07) is 11.2. The number of imide groups is 1. The second-order valence-corrected chi connectivity index (χ2v) is 10.6. The first-order valence-electron chi connectivity index (χ1n) is 10.3. The standard InChI is InChI=1S/C23H16Cl2N2O5S2/c1-2-32-22(30)10-6-8-11(9-7-10)27-20(28)15-14(12-4-3-5-13(24)16(12)25)17-19(26-23(31)34-17)33-18(15)21(27)29/h3-9,14-15,18H,2H2,1H3,(H,26,31)/t14-,15-,18+/m0/s1. The molecule has 1 saturated heterocycles. The van der Waals surface area contributed by atoms with Crippen LogP contribution in [0, 0.1) is 5.92 Å². The average Bonchev–Trinajstić information content (AvgIpc) is 3.31. The lowest BCUT2D eigenvalue weighted by Gasteiger charge is -2.30. The summed E-state index contributed by atoms with van der Waals surface area (Å²) in [4.78, 5) is 55.6. The zero-order valence-corrected chi connectivity index (χ0v) is 20.7. The fourth-order valence-corrected chi connectivity index (χ4v) is 7.26. The first kappa shape index (κ1) is 23.2. The number of nitrogens with one attached hydrogen (secondary N) is 1. The SMILES string of the molecule is CCOC(=O)c1ccc(N2C(=O)[C@H]3[C@H](c4cccc(Cl)c4Cl)c4sc(=O)[nH]c4S[C@H]3C2=O)cc1. The number of ether oxygens (including phenoxy) is 1. The number of nitrogens with zero attached hydrogens (tertiary/aromatic N) is 1. The van der Waals surface area contributed by atoms with E-state index in [0.29, 0.717) is 31.7 Å². The maximum Gasteiger partial charge on any atom is 0.338 e. The molecule has 1 N–H and O–H groups in total. The van der Waals surface area contributed by atoms with Gasteiger partial charge in [0.15, 0.2) is 0 Å². The molecule has 0 spiro atoms. The van der Waals surface area contributed by atoms with E-state index in [0.717, 1.165) is 16.2 Å². The Morgan fingerprint density at radius 2 is 1.82 bits per heavy atom. The van der Waals surface area contributed by atoms with Crippen molar-refractivity contribution in [1.29, 1.82) is 0 Å². The van der Waals surface area contributed by atoms with Crippen LogP contribution in [0.25, 0.3) is 0 Å². The fraction of sp³-hybridized carbons (Fsp3) is 0.217. The molecule has 0 unspecified atom stereocenters. The smallest absolute Gasteiger partial charge is 0.338 e. The number of hydrogen-bond donors (Lipinski definition) is 1. The van der Waals surface area contributed by atoms with Crippen molar-refractivity contribution in [2.24, 2.45) is 5.92 Å². The lowest BCUT2D eigenvalue weighted by Crippen LogP contribution is -2.32. The van der Waals surface area contributed by atoms with Gasteiger partial charge in [0.2, 0.25) is 11.8 Å². The van der Waals surface area contributed by atoms with Crippen molar-refractivity contribution < 1.29 is 19.1 Å². The van der Waals surface area contributed by atoms with E-state index in [-0.39, 0.29) is 16.5 Å². The van der Waals surface area contributed by atoms with Gasteiger partial charge in [-0.3, -0.25) is 14.4 Å². The number of thioether (sulfide) groups is 1. The van der Waals surface area contributed by atoms with Gasteiger partial charge in [-0.1, -0.05) is 58.4 Å². The van der Waals surface area contributed by atoms with Gasteiger partial charge in [-0.2, -0.15) is 0 Å². The molecule has 1 aromatic heterocycles. The number of fused-ring (bicyclic) bond motifs is 2. The van der Waals surface area contributed by atoms with E-state index in [2.05, 4.69) is 4.98 Å². The van der Waals surface area contributed by atoms with Crippen LogP contribution in [-0.4, -0.2) is 34.6 Å². The molecule has 11 heteroatoms. The van der Waals surface area contributed by atoms with Crippen LogP contribution in [0.15, 0.2) is 52.3 Å². The number of halogens is 2. The lowest BCUT2D eigenvalue weighted by atomic mass is 9.83. The van der Waals surface area contributed by atoms with Crippen LogP contribution in [0.1, 0.15) is 33.6 Å². The number of thiazole rings is 1. The van der Waals surface area contributed by atoms with E-state index in [4.69, 9.17) is 27.9 Å². The van der Waals surface area contributed by atoms with Gasteiger partial charge in [-0.05, 0) is 42.8 Å². The van der Waals surface area contributed by atoms with E-state index in [1.165, 1.54) is 23.9 Å². The minimum absolute atomic E-state index is 0.240. The van der Waals surface area contributed by atoms with Gasteiger partial charge in [0, 0.05) is 10.8 Å². The van der Waals surface area contributed by atoms with E-state index in [1.807, 2.05) is 0 Å². The number of aromatic nitrogens is 1. The number of amides is 2. The maximum absolute atomic E-state index is 13.7. The van der Waals surface area contributed by atoms with Gasteiger partial charge in [-0.25, -0.2) is 9.69 Å². The van der Waals surface area contributed by atoms with E-state index in [9.17, 15) is 19.2 Å². The summed E-state index contributed by atoms with van der Waals surface area (Å²) in [7, 11) is 0. The van der Waals surface area contributed by atoms with Gasteiger partial charge < -0.3 is 9.72 Å². The van der Waals surface area contributed by atoms with Crippen molar-refractivity contribution in [3.63, 3.8) is 0 Å². The Hall–Kier alpha value is -2.59. The summed E-state index contributed by atoms with van der Waals surface area (Å²) in [6.07, 6.45) is 0. The number of esters is 1. The Kier molecular flexibility index (Phi) is 6.05. The molecule has 174 valence electrons. The second kappa shape index (κ2) is 8.88. The van der Waals surface area contributed by atoms with Gasteiger partial charge >= 0.3 is 10.8 Å². The molecule has 2 aliphatic rings. The molecule has 0 saturated carbocycles. The summed E-state index contributed by atoms with van der Waals surface area (Å²) >= 11 is 15.0. The minimum Gasteiger partial charge on any atom is -0.462 e. The van der Waals surface area contributed by atoms with Crippen molar-refractivity contribution in [2.75, 3.05) is 11.5 Å². The highest BCUT2D eigenvalue weighted by molar-refractivity contribution is 8.00. The van der Waals surface area contributed by atoms with E-state index < -0.39 is 34.9 Å². The fourth-order valence-electron chi connectivity index (χ4n) is 4.33. The minimum atomic E-state index is -0.780. The van der Waals surface area contributed by atoms with Crippen LogP contribution in [0.5, 0.6) is 0 Å². The van der Waals surface area contributed by atoms with Crippen LogP contribution in [0.4, 0.5) is 5.69 Å². The van der Waals surface area contributed by atoms with Crippen molar-refractivity contribution in [2.45, 2.75) is 23.1 Å². The third-order valence-corrected chi connectivity index (χ3v) is 9.01. The Bertz CT molecular complexity index is 1380. The highest BCUT2D eigenvalue weighted by atomic mass is 35.5. The molecule has 3 heterocycles. The number of H-pyrrole nitrogens is 1. The highest BCUT2D eigenvalue weighted by Gasteiger charge is 2.56. The zero-order valence-electron chi connectivity index (χ0n) is 17.5. The van der Waals surface area contributed by atoms with Crippen LogP contribution >= 0.6 is 46.3 Å². The topological polar surface area (TPSA) is 96.5 Å². The molecule has 7 nitrogen and oxygen atoms in total. The largest absolute Gasteiger partial charge is 0.462 e. The summed E-state index contributed by atoms with van der Waals surface area (Å²) in [5.74, 6) is -2.68. The van der Waals surface area contributed by atoms with Crippen molar-refractivity contribution in [1.82, 2.24) is 4.98 Å². The quantitative estimate of drug-likeness (QED) is 0.384. The lowest BCUT2D eigenvalue weighted by molar-refractivity contribution is -0.122. The molecule has 0 radical (unpaired) electrons. The number of aromatic amines is 1. The summed E-state index contributed by atoms with van der Waals surface area (Å²) in [6.45, 7) is 1.95. The molecule has 0 aliphatic carbocycles. The van der Waals surface area contributed by atoms with Crippen molar-refractivity contribution >= 4 is 69.8 Å². The molecule has 34 heavy (non-hydrogen) atoms. The van der Waals surface area contributed by atoms with E-state index in [1.54, 1.807) is 37.3 Å². The molecule has 0 bridgehead atoms. The van der Waals surface area contributed by atoms with Crippen molar-refractivity contribution in [3.8, 4) is 0 Å². The third-order valence-electron chi connectivity index (χ3n) is 5.78. The Morgan fingerprint density at radius 3 is 2.53 bits per heavy atom.